The molecule has 1 rings (SSSR count). The first-order valence-electron chi connectivity index (χ1n) is 7.38. The summed E-state index contributed by atoms with van der Waals surface area (Å²) < 4.78 is 0. The van der Waals surface area contributed by atoms with Crippen LogP contribution in [-0.4, -0.2) is 41.8 Å². The molecule has 1 heterocycles. The summed E-state index contributed by atoms with van der Waals surface area (Å²) in [6.45, 7) is 6.39. The molecule has 4 heteroatoms. The highest BCUT2D eigenvalue weighted by atomic mass is 16.3. The van der Waals surface area contributed by atoms with E-state index >= 15 is 0 Å². The summed E-state index contributed by atoms with van der Waals surface area (Å²) in [4.78, 5) is 13.7. The second-order valence-corrected chi connectivity index (χ2v) is 5.34. The number of β-amino-alcohol motifs (C(OH)–C–C–N with tert-alkyl or cyclic N) is 1. The van der Waals surface area contributed by atoms with E-state index in [9.17, 15) is 9.90 Å². The number of nitrogens with zero attached hydrogens (tertiary/aromatic N) is 1. The van der Waals surface area contributed by atoms with Gasteiger partial charge in [0.05, 0.1) is 6.10 Å². The second-order valence-electron chi connectivity index (χ2n) is 5.34. The van der Waals surface area contributed by atoms with E-state index in [1.54, 1.807) is 4.90 Å². The van der Waals surface area contributed by atoms with E-state index in [2.05, 4.69) is 19.2 Å². The quantitative estimate of drug-likeness (QED) is 0.766. The maximum absolute atomic E-state index is 11.9. The second kappa shape index (κ2) is 8.35. The summed E-state index contributed by atoms with van der Waals surface area (Å²) in [6.07, 6.45) is 6.13. The maximum Gasteiger partial charge on any atom is 0.317 e. The fourth-order valence-electron chi connectivity index (χ4n) is 2.43. The summed E-state index contributed by atoms with van der Waals surface area (Å²) in [6, 6.07) is -0.0105. The summed E-state index contributed by atoms with van der Waals surface area (Å²) in [5, 5.41) is 12.6. The topological polar surface area (TPSA) is 52.6 Å². The molecule has 0 aromatic carbocycles. The molecule has 0 bridgehead atoms. The van der Waals surface area contributed by atoms with E-state index in [1.807, 2.05) is 0 Å². The number of aliphatic hydroxyl groups is 1. The molecule has 0 aliphatic carbocycles. The van der Waals surface area contributed by atoms with Gasteiger partial charge >= 0.3 is 6.03 Å². The van der Waals surface area contributed by atoms with Crippen molar-refractivity contribution >= 4 is 6.03 Å². The molecule has 106 valence electrons. The van der Waals surface area contributed by atoms with Crippen molar-refractivity contribution in [3.05, 3.63) is 0 Å². The molecule has 0 spiro atoms. The van der Waals surface area contributed by atoms with Crippen molar-refractivity contribution in [3.63, 3.8) is 0 Å². The minimum absolute atomic E-state index is 0.0105. The van der Waals surface area contributed by atoms with Gasteiger partial charge in [0.2, 0.25) is 0 Å². The molecular formula is C14H28N2O2. The van der Waals surface area contributed by atoms with Crippen LogP contribution in [-0.2, 0) is 0 Å². The average Bonchev–Trinajstić information content (AvgIpc) is 2.38. The zero-order valence-corrected chi connectivity index (χ0v) is 11.8. The molecule has 1 fully saturated rings. The number of aliphatic hydroxyl groups excluding tert-OH is 1. The van der Waals surface area contributed by atoms with Crippen molar-refractivity contribution in [1.29, 1.82) is 0 Å². The Balaban J connectivity index is 2.26. The van der Waals surface area contributed by atoms with Crippen LogP contribution in [0.5, 0.6) is 0 Å². The molecule has 2 amide bonds. The highest BCUT2D eigenvalue weighted by Crippen LogP contribution is 2.13. The third-order valence-electron chi connectivity index (χ3n) is 3.77. The van der Waals surface area contributed by atoms with Crippen LogP contribution >= 0.6 is 0 Å². The van der Waals surface area contributed by atoms with Gasteiger partial charge in [0, 0.05) is 19.6 Å². The van der Waals surface area contributed by atoms with Crippen LogP contribution in [0.3, 0.4) is 0 Å². The number of nitrogens with one attached hydrogen (secondary N) is 1. The van der Waals surface area contributed by atoms with Gasteiger partial charge in [0.1, 0.15) is 0 Å². The van der Waals surface area contributed by atoms with Crippen LogP contribution < -0.4 is 5.32 Å². The van der Waals surface area contributed by atoms with E-state index in [-0.39, 0.29) is 12.1 Å². The molecule has 2 N–H and O–H groups in total. The van der Waals surface area contributed by atoms with E-state index in [4.69, 9.17) is 0 Å². The van der Waals surface area contributed by atoms with E-state index in [0.29, 0.717) is 12.5 Å². The molecule has 2 atom stereocenters. The first-order valence-corrected chi connectivity index (χ1v) is 7.38. The zero-order chi connectivity index (χ0) is 13.4. The summed E-state index contributed by atoms with van der Waals surface area (Å²) in [5.41, 5.74) is 0. The Bertz CT molecular complexity index is 246. The van der Waals surface area contributed by atoms with Crippen molar-refractivity contribution in [3.8, 4) is 0 Å². The third-order valence-corrected chi connectivity index (χ3v) is 3.77. The molecule has 1 aliphatic rings. The summed E-state index contributed by atoms with van der Waals surface area (Å²) in [5.74, 6) is 0.587. The van der Waals surface area contributed by atoms with Gasteiger partial charge in [0.15, 0.2) is 0 Å². The average molecular weight is 256 g/mol. The summed E-state index contributed by atoms with van der Waals surface area (Å²) >= 11 is 0. The number of likely N-dealkylation sites (tertiary alicyclic amines) is 1. The fraction of sp³-hybridized carbons (Fsp3) is 0.929. The molecule has 2 unspecified atom stereocenters. The number of unbranched alkanes of at least 4 members (excludes halogenated alkanes) is 1. The zero-order valence-electron chi connectivity index (χ0n) is 11.8. The first-order chi connectivity index (χ1) is 8.67. The van der Waals surface area contributed by atoms with Crippen LogP contribution in [0.25, 0.3) is 0 Å². The van der Waals surface area contributed by atoms with E-state index in [0.717, 1.165) is 32.4 Å². The molecular weight excluding hydrogens is 228 g/mol. The van der Waals surface area contributed by atoms with Gasteiger partial charge in [-0.3, -0.25) is 0 Å². The van der Waals surface area contributed by atoms with E-state index in [1.165, 1.54) is 19.3 Å². The summed E-state index contributed by atoms with van der Waals surface area (Å²) in [7, 11) is 0. The highest BCUT2D eigenvalue weighted by Gasteiger charge is 2.22. The fourth-order valence-corrected chi connectivity index (χ4v) is 2.43. The van der Waals surface area contributed by atoms with Crippen molar-refractivity contribution in [2.24, 2.45) is 5.92 Å². The molecule has 0 radical (unpaired) electrons. The lowest BCUT2D eigenvalue weighted by atomic mass is 9.99. The van der Waals surface area contributed by atoms with Crippen molar-refractivity contribution < 1.29 is 9.90 Å². The van der Waals surface area contributed by atoms with Gasteiger partial charge in [-0.1, -0.05) is 33.1 Å². The minimum atomic E-state index is -0.341. The predicted octanol–water partition coefficient (Wildman–Crippen LogP) is 2.37. The maximum atomic E-state index is 11.9. The number of hydrogen-bond donors (Lipinski definition) is 2. The molecule has 1 saturated heterocycles. The molecule has 18 heavy (non-hydrogen) atoms. The standard InChI is InChI=1S/C14H28N2O2/c1-3-5-7-12(4-2)10-15-14(18)16-9-6-8-13(17)11-16/h12-13,17H,3-11H2,1-2H3,(H,15,18). The smallest absolute Gasteiger partial charge is 0.317 e. The van der Waals surface area contributed by atoms with Crippen molar-refractivity contribution in [1.82, 2.24) is 10.2 Å². The number of carbonyl (C=O) groups excluding carboxylic acids is 1. The minimum Gasteiger partial charge on any atom is -0.391 e. The number of hydrogen-bond acceptors (Lipinski definition) is 2. The Morgan fingerprint density at radius 2 is 2.28 bits per heavy atom. The normalized spacial score (nSPS) is 21.7. The Morgan fingerprint density at radius 1 is 1.50 bits per heavy atom. The van der Waals surface area contributed by atoms with E-state index < -0.39 is 0 Å². The van der Waals surface area contributed by atoms with Gasteiger partial charge in [-0.05, 0) is 25.2 Å². The van der Waals surface area contributed by atoms with Crippen molar-refractivity contribution in [2.45, 2.75) is 58.5 Å². The van der Waals surface area contributed by atoms with Crippen LogP contribution in [0, 0.1) is 5.92 Å². The lowest BCUT2D eigenvalue weighted by molar-refractivity contribution is 0.0839. The number of piperidine rings is 1. The van der Waals surface area contributed by atoms with Gasteiger partial charge in [0.25, 0.3) is 0 Å². The number of rotatable bonds is 6. The lowest BCUT2D eigenvalue weighted by Gasteiger charge is -2.30. The lowest BCUT2D eigenvalue weighted by Crippen LogP contribution is -2.48. The number of amides is 2. The van der Waals surface area contributed by atoms with Gasteiger partial charge in [-0.25, -0.2) is 4.79 Å². The highest BCUT2D eigenvalue weighted by molar-refractivity contribution is 5.74. The Labute approximate surface area is 111 Å². The predicted molar refractivity (Wildman–Crippen MR) is 73.5 cm³/mol. The first kappa shape index (κ1) is 15.3. The monoisotopic (exact) mass is 256 g/mol. The van der Waals surface area contributed by atoms with Gasteiger partial charge in [-0.15, -0.1) is 0 Å². The van der Waals surface area contributed by atoms with Crippen LogP contribution in [0.1, 0.15) is 52.4 Å². The molecule has 4 nitrogen and oxygen atoms in total. The van der Waals surface area contributed by atoms with Crippen molar-refractivity contribution in [2.75, 3.05) is 19.6 Å². The SMILES string of the molecule is CCCCC(CC)CNC(=O)N1CCCC(O)C1. The number of urea groups is 1. The Hall–Kier alpha value is -0.770. The Morgan fingerprint density at radius 3 is 2.89 bits per heavy atom. The molecule has 0 aromatic rings. The Kier molecular flexibility index (Phi) is 7.09. The molecule has 0 saturated carbocycles. The third kappa shape index (κ3) is 5.25. The van der Waals surface area contributed by atoms with Crippen LogP contribution in [0.4, 0.5) is 4.79 Å². The van der Waals surface area contributed by atoms with Crippen LogP contribution in [0.15, 0.2) is 0 Å². The largest absolute Gasteiger partial charge is 0.391 e. The number of carbonyl (C=O) groups is 1. The molecule has 0 aromatic heterocycles. The van der Waals surface area contributed by atoms with Crippen LogP contribution in [0.2, 0.25) is 0 Å². The van der Waals surface area contributed by atoms with Gasteiger partial charge in [-0.2, -0.15) is 0 Å². The van der Waals surface area contributed by atoms with Gasteiger partial charge < -0.3 is 15.3 Å². The molecule has 1 aliphatic heterocycles.